The zero-order valence-electron chi connectivity index (χ0n) is 12.9. The van der Waals surface area contributed by atoms with E-state index in [0.29, 0.717) is 6.54 Å². The Bertz CT molecular complexity index is 650. The average molecular weight is 325 g/mol. The zero-order chi connectivity index (χ0) is 17.0. The zero-order valence-corrected chi connectivity index (χ0v) is 12.9. The molecule has 0 unspecified atom stereocenters. The summed E-state index contributed by atoms with van der Waals surface area (Å²) < 4.78 is 38.6. The molecule has 2 aromatic rings. The normalized spacial score (nSPS) is 11.7. The van der Waals surface area contributed by atoms with E-state index in [0.717, 1.165) is 16.3 Å². The second kappa shape index (κ2) is 6.85. The van der Waals surface area contributed by atoms with Gasteiger partial charge in [-0.2, -0.15) is 18.3 Å². The first kappa shape index (κ1) is 17.1. The molecule has 23 heavy (non-hydrogen) atoms. The molecule has 7 heteroatoms. The minimum atomic E-state index is -4.50. The van der Waals surface area contributed by atoms with Gasteiger partial charge in [-0.05, 0) is 25.5 Å². The summed E-state index contributed by atoms with van der Waals surface area (Å²) in [5.41, 5.74) is -0.0320. The molecular formula is C16H18F3N3O. The standard InChI is InChI=1S/C16H18F3N3O/c1-12(2)22(10-13-6-4-3-5-7-13)15(23)11-21-9-8-14(20-21)16(17,18)19/h3-9,12H,10-11H2,1-2H3. The number of carbonyl (C=O) groups is 1. The van der Waals surface area contributed by atoms with Gasteiger partial charge in [-0.25, -0.2) is 0 Å². The Balaban J connectivity index is 2.08. The number of hydrogen-bond acceptors (Lipinski definition) is 2. The highest BCUT2D eigenvalue weighted by atomic mass is 19.4. The van der Waals surface area contributed by atoms with Crippen LogP contribution < -0.4 is 0 Å². The number of nitrogens with zero attached hydrogens (tertiary/aromatic N) is 3. The van der Waals surface area contributed by atoms with Crippen molar-refractivity contribution in [3.05, 3.63) is 53.9 Å². The Kier molecular flexibility index (Phi) is 5.08. The summed E-state index contributed by atoms with van der Waals surface area (Å²) in [6.45, 7) is 3.92. The Morgan fingerprint density at radius 2 is 1.87 bits per heavy atom. The number of rotatable bonds is 5. The van der Waals surface area contributed by atoms with Crippen molar-refractivity contribution in [1.29, 1.82) is 0 Å². The molecule has 1 heterocycles. The lowest BCUT2D eigenvalue weighted by atomic mass is 10.2. The van der Waals surface area contributed by atoms with Gasteiger partial charge >= 0.3 is 6.18 Å². The molecule has 1 aromatic heterocycles. The minimum absolute atomic E-state index is 0.0691. The van der Waals surface area contributed by atoms with Crippen LogP contribution >= 0.6 is 0 Å². The van der Waals surface area contributed by atoms with Crippen molar-refractivity contribution in [3.8, 4) is 0 Å². The lowest BCUT2D eigenvalue weighted by Gasteiger charge is -2.27. The number of halogens is 3. The van der Waals surface area contributed by atoms with Gasteiger partial charge in [0.15, 0.2) is 5.69 Å². The largest absolute Gasteiger partial charge is 0.435 e. The molecule has 2 rings (SSSR count). The molecule has 0 saturated carbocycles. The van der Waals surface area contributed by atoms with E-state index in [4.69, 9.17) is 0 Å². The molecule has 0 atom stereocenters. The van der Waals surface area contributed by atoms with Crippen LogP contribution in [0.25, 0.3) is 0 Å². The predicted octanol–water partition coefficient (Wildman–Crippen LogP) is 3.34. The molecule has 0 fully saturated rings. The second-order valence-corrected chi connectivity index (χ2v) is 5.50. The van der Waals surface area contributed by atoms with Gasteiger partial charge in [0.25, 0.3) is 0 Å². The van der Waals surface area contributed by atoms with Gasteiger partial charge in [-0.3, -0.25) is 9.48 Å². The fourth-order valence-corrected chi connectivity index (χ4v) is 2.17. The van der Waals surface area contributed by atoms with Gasteiger partial charge in [0.1, 0.15) is 6.54 Å². The third-order valence-corrected chi connectivity index (χ3v) is 3.37. The first-order chi connectivity index (χ1) is 10.8. The Morgan fingerprint density at radius 3 is 2.39 bits per heavy atom. The van der Waals surface area contributed by atoms with E-state index >= 15 is 0 Å². The van der Waals surface area contributed by atoms with Crippen molar-refractivity contribution in [2.24, 2.45) is 0 Å². The van der Waals surface area contributed by atoms with Gasteiger partial charge in [0, 0.05) is 18.8 Å². The van der Waals surface area contributed by atoms with Crippen LogP contribution in [-0.2, 0) is 24.1 Å². The van der Waals surface area contributed by atoms with Crippen LogP contribution in [0.4, 0.5) is 13.2 Å². The average Bonchev–Trinajstić information content (AvgIpc) is 2.94. The van der Waals surface area contributed by atoms with Gasteiger partial charge < -0.3 is 4.90 Å². The highest BCUT2D eigenvalue weighted by molar-refractivity contribution is 5.76. The predicted molar refractivity (Wildman–Crippen MR) is 79.4 cm³/mol. The fourth-order valence-electron chi connectivity index (χ4n) is 2.17. The topological polar surface area (TPSA) is 38.1 Å². The second-order valence-electron chi connectivity index (χ2n) is 5.50. The van der Waals surface area contributed by atoms with E-state index in [2.05, 4.69) is 5.10 Å². The molecule has 0 aliphatic rings. The van der Waals surface area contributed by atoms with Crippen LogP contribution in [0, 0.1) is 0 Å². The van der Waals surface area contributed by atoms with Crippen LogP contribution in [0.15, 0.2) is 42.6 Å². The SMILES string of the molecule is CC(C)N(Cc1ccccc1)C(=O)Cn1ccc(C(F)(F)F)n1. The smallest absolute Gasteiger partial charge is 0.334 e. The van der Waals surface area contributed by atoms with Crippen molar-refractivity contribution >= 4 is 5.91 Å². The van der Waals surface area contributed by atoms with Crippen molar-refractivity contribution in [2.75, 3.05) is 0 Å². The number of alkyl halides is 3. The number of hydrogen-bond donors (Lipinski definition) is 0. The molecule has 0 bridgehead atoms. The van der Waals surface area contributed by atoms with Gasteiger partial charge in [0.05, 0.1) is 0 Å². The number of carbonyl (C=O) groups excluding carboxylic acids is 1. The highest BCUT2D eigenvalue weighted by Gasteiger charge is 2.33. The first-order valence-corrected chi connectivity index (χ1v) is 7.21. The lowest BCUT2D eigenvalue weighted by Crippen LogP contribution is -2.38. The summed E-state index contributed by atoms with van der Waals surface area (Å²) in [5, 5.41) is 3.41. The number of aromatic nitrogens is 2. The molecule has 4 nitrogen and oxygen atoms in total. The molecule has 0 N–H and O–H groups in total. The van der Waals surface area contributed by atoms with Crippen LogP contribution in [0.1, 0.15) is 25.1 Å². The maximum atomic E-state index is 12.5. The number of amides is 1. The summed E-state index contributed by atoms with van der Waals surface area (Å²) in [7, 11) is 0. The van der Waals surface area contributed by atoms with E-state index in [9.17, 15) is 18.0 Å². The quantitative estimate of drug-likeness (QED) is 0.846. The molecule has 0 spiro atoms. The van der Waals surface area contributed by atoms with E-state index in [1.165, 1.54) is 6.20 Å². The molecule has 1 aromatic carbocycles. The molecule has 124 valence electrons. The van der Waals surface area contributed by atoms with E-state index in [1.807, 2.05) is 44.2 Å². The fraction of sp³-hybridized carbons (Fsp3) is 0.375. The molecule has 0 aliphatic heterocycles. The van der Waals surface area contributed by atoms with Crippen molar-refractivity contribution < 1.29 is 18.0 Å². The first-order valence-electron chi connectivity index (χ1n) is 7.21. The molecule has 0 aliphatic carbocycles. The van der Waals surface area contributed by atoms with Crippen LogP contribution in [0.2, 0.25) is 0 Å². The number of benzene rings is 1. The van der Waals surface area contributed by atoms with Crippen LogP contribution in [-0.4, -0.2) is 26.6 Å². The Labute approximate surface area is 132 Å². The van der Waals surface area contributed by atoms with Gasteiger partial charge in [-0.1, -0.05) is 30.3 Å². The Morgan fingerprint density at radius 1 is 1.22 bits per heavy atom. The molecule has 0 saturated heterocycles. The summed E-state index contributed by atoms with van der Waals surface area (Å²) in [6, 6.07) is 10.2. The summed E-state index contributed by atoms with van der Waals surface area (Å²) >= 11 is 0. The van der Waals surface area contributed by atoms with Crippen LogP contribution in [0.5, 0.6) is 0 Å². The van der Waals surface area contributed by atoms with Gasteiger partial charge in [0.2, 0.25) is 5.91 Å². The summed E-state index contributed by atoms with van der Waals surface area (Å²) in [6.07, 6.45) is -3.34. The van der Waals surface area contributed by atoms with Crippen molar-refractivity contribution in [2.45, 2.75) is 39.2 Å². The monoisotopic (exact) mass is 325 g/mol. The van der Waals surface area contributed by atoms with Crippen molar-refractivity contribution in [1.82, 2.24) is 14.7 Å². The van der Waals surface area contributed by atoms with E-state index in [-0.39, 0.29) is 18.5 Å². The molecule has 0 radical (unpaired) electrons. The molecule has 1 amide bonds. The summed E-state index contributed by atoms with van der Waals surface area (Å²) in [5.74, 6) is -0.277. The summed E-state index contributed by atoms with van der Waals surface area (Å²) in [4.78, 5) is 14.0. The van der Waals surface area contributed by atoms with Crippen molar-refractivity contribution in [3.63, 3.8) is 0 Å². The lowest BCUT2D eigenvalue weighted by molar-refractivity contribution is -0.142. The third-order valence-electron chi connectivity index (χ3n) is 3.37. The van der Waals surface area contributed by atoms with E-state index in [1.54, 1.807) is 4.90 Å². The van der Waals surface area contributed by atoms with Crippen LogP contribution in [0.3, 0.4) is 0 Å². The molecular weight excluding hydrogens is 307 g/mol. The highest BCUT2D eigenvalue weighted by Crippen LogP contribution is 2.27. The third kappa shape index (κ3) is 4.58. The maximum absolute atomic E-state index is 12.5. The van der Waals surface area contributed by atoms with Gasteiger partial charge in [-0.15, -0.1) is 0 Å². The minimum Gasteiger partial charge on any atom is -0.334 e. The maximum Gasteiger partial charge on any atom is 0.435 e. The van der Waals surface area contributed by atoms with E-state index < -0.39 is 11.9 Å². The Hall–Kier alpha value is -2.31.